The molecule has 1 fully saturated rings. The highest BCUT2D eigenvalue weighted by Crippen LogP contribution is 2.30. The smallest absolute Gasteiger partial charge is 0.293 e. The van der Waals surface area contributed by atoms with E-state index in [1.807, 2.05) is 6.92 Å². The zero-order valence-corrected chi connectivity index (χ0v) is 18.5. The van der Waals surface area contributed by atoms with Crippen molar-refractivity contribution in [2.24, 2.45) is 5.92 Å². The predicted octanol–water partition coefficient (Wildman–Crippen LogP) is 4.12. The van der Waals surface area contributed by atoms with E-state index in [2.05, 4.69) is 25.7 Å². The van der Waals surface area contributed by atoms with Gasteiger partial charge in [0, 0.05) is 24.5 Å². The van der Waals surface area contributed by atoms with Crippen LogP contribution in [0.4, 0.5) is 15.9 Å². The fourth-order valence-corrected chi connectivity index (χ4v) is 3.33. The van der Waals surface area contributed by atoms with Gasteiger partial charge in [-0.2, -0.15) is 0 Å². The van der Waals surface area contributed by atoms with Crippen molar-refractivity contribution in [1.29, 1.82) is 0 Å². The molecule has 34 heavy (non-hydrogen) atoms. The van der Waals surface area contributed by atoms with Gasteiger partial charge in [-0.05, 0) is 38.0 Å². The van der Waals surface area contributed by atoms with Crippen molar-refractivity contribution in [2.75, 3.05) is 10.6 Å². The molecule has 0 saturated heterocycles. The molecule has 4 aromatic rings. The van der Waals surface area contributed by atoms with E-state index in [-0.39, 0.29) is 34.9 Å². The summed E-state index contributed by atoms with van der Waals surface area (Å²) in [7, 11) is 0. The zero-order valence-electron chi connectivity index (χ0n) is 18.5. The van der Waals surface area contributed by atoms with Crippen LogP contribution in [0.15, 0.2) is 40.9 Å². The molecular formula is C23H21FN6O4. The normalized spacial score (nSPS) is 13.1. The largest absolute Gasteiger partial charge is 0.438 e. The monoisotopic (exact) mass is 464 g/mol. The van der Waals surface area contributed by atoms with E-state index >= 15 is 0 Å². The Kier molecular flexibility index (Phi) is 5.44. The maximum atomic E-state index is 14.4. The Balaban J connectivity index is 1.32. The van der Waals surface area contributed by atoms with Crippen molar-refractivity contribution in [1.82, 2.24) is 19.6 Å². The van der Waals surface area contributed by atoms with Crippen molar-refractivity contribution in [2.45, 2.75) is 33.1 Å². The molecule has 5 rings (SSSR count). The molecule has 0 unspecified atom stereocenters. The highest BCUT2D eigenvalue weighted by atomic mass is 19.1. The van der Waals surface area contributed by atoms with Crippen LogP contribution in [0.5, 0.6) is 11.6 Å². The molecule has 1 aliphatic carbocycles. The number of oxazole rings is 1. The number of carbonyl (C=O) groups is 2. The lowest BCUT2D eigenvalue weighted by atomic mass is 10.2. The number of amides is 2. The fraction of sp³-hybridized carbons (Fsp3) is 0.261. The Morgan fingerprint density at radius 1 is 1.21 bits per heavy atom. The van der Waals surface area contributed by atoms with Crippen LogP contribution in [0, 0.1) is 18.7 Å². The van der Waals surface area contributed by atoms with Crippen LogP contribution < -0.4 is 15.4 Å². The topological polar surface area (TPSA) is 124 Å². The second-order valence-corrected chi connectivity index (χ2v) is 7.94. The van der Waals surface area contributed by atoms with Gasteiger partial charge in [0.15, 0.2) is 17.4 Å². The lowest BCUT2D eigenvalue weighted by Gasteiger charge is -2.09. The molecule has 2 N–H and O–H groups in total. The number of imidazole rings is 1. The van der Waals surface area contributed by atoms with Crippen LogP contribution in [0.1, 0.15) is 41.9 Å². The second kappa shape index (κ2) is 8.58. The maximum Gasteiger partial charge on any atom is 0.293 e. The summed E-state index contributed by atoms with van der Waals surface area (Å²) in [4.78, 5) is 33.0. The Morgan fingerprint density at radius 3 is 2.76 bits per heavy atom. The van der Waals surface area contributed by atoms with Crippen molar-refractivity contribution in [3.05, 3.63) is 59.7 Å². The van der Waals surface area contributed by atoms with Gasteiger partial charge in [-0.1, -0.05) is 6.92 Å². The summed E-state index contributed by atoms with van der Waals surface area (Å²) in [6.07, 6.45) is 3.91. The highest BCUT2D eigenvalue weighted by molar-refractivity contribution is 6.03. The standard InChI is InChI=1S/C23H21FN6O4/c1-3-19-25-12(2)21(34-19)23(32)26-16-10-14(6-7-15(16)24)33-20-9-8-18-27-17(11-30(18)29-20)28-22(31)13-4-5-13/h6-11,13H,3-5H2,1-2H3,(H,26,32)(H,28,31). The number of hydrogen-bond donors (Lipinski definition) is 2. The summed E-state index contributed by atoms with van der Waals surface area (Å²) in [6.45, 7) is 3.50. The number of anilines is 2. The molecule has 0 bridgehead atoms. The van der Waals surface area contributed by atoms with E-state index < -0.39 is 11.7 Å². The van der Waals surface area contributed by atoms with Gasteiger partial charge in [0.05, 0.1) is 17.6 Å². The molecule has 10 nitrogen and oxygen atoms in total. The van der Waals surface area contributed by atoms with Crippen molar-refractivity contribution < 1.29 is 23.1 Å². The van der Waals surface area contributed by atoms with E-state index in [9.17, 15) is 14.0 Å². The molecule has 0 atom stereocenters. The molecule has 3 heterocycles. The fourth-order valence-electron chi connectivity index (χ4n) is 3.33. The van der Waals surface area contributed by atoms with Crippen molar-refractivity contribution in [3.63, 3.8) is 0 Å². The number of benzene rings is 1. The average Bonchev–Trinajstić information content (AvgIpc) is 3.49. The number of nitrogens with one attached hydrogen (secondary N) is 2. The molecule has 3 aromatic heterocycles. The summed E-state index contributed by atoms with van der Waals surface area (Å²) >= 11 is 0. The number of ether oxygens (including phenoxy) is 1. The third-order valence-corrected chi connectivity index (χ3v) is 5.25. The van der Waals surface area contributed by atoms with Crippen LogP contribution in [-0.2, 0) is 11.2 Å². The van der Waals surface area contributed by atoms with E-state index in [0.29, 0.717) is 29.5 Å². The van der Waals surface area contributed by atoms with Crippen molar-refractivity contribution >= 4 is 29.0 Å². The van der Waals surface area contributed by atoms with E-state index in [1.54, 1.807) is 25.3 Å². The molecule has 1 aliphatic rings. The van der Waals surface area contributed by atoms with Gasteiger partial charge >= 0.3 is 0 Å². The molecule has 0 spiro atoms. The minimum Gasteiger partial charge on any atom is -0.438 e. The van der Waals surface area contributed by atoms with Gasteiger partial charge in [0.1, 0.15) is 11.6 Å². The van der Waals surface area contributed by atoms with Crippen LogP contribution >= 0.6 is 0 Å². The molecule has 2 amide bonds. The number of halogens is 1. The second-order valence-electron chi connectivity index (χ2n) is 7.94. The predicted molar refractivity (Wildman–Crippen MR) is 119 cm³/mol. The molecule has 1 aromatic carbocycles. The molecular weight excluding hydrogens is 443 g/mol. The SMILES string of the molecule is CCc1nc(C)c(C(=O)Nc2cc(Oc3ccc4nc(NC(=O)C5CC5)cn4n3)ccc2F)o1. The number of nitrogens with zero attached hydrogens (tertiary/aromatic N) is 4. The number of aromatic nitrogens is 4. The first-order chi connectivity index (χ1) is 16.4. The Labute approximate surface area is 193 Å². The Bertz CT molecular complexity index is 1410. The summed E-state index contributed by atoms with van der Waals surface area (Å²) in [5.74, 6) is 0.0981. The van der Waals surface area contributed by atoms with E-state index in [4.69, 9.17) is 9.15 Å². The third-order valence-electron chi connectivity index (χ3n) is 5.25. The molecule has 0 aliphatic heterocycles. The summed E-state index contributed by atoms with van der Waals surface area (Å²) in [5.41, 5.74) is 0.872. The summed E-state index contributed by atoms with van der Waals surface area (Å²) in [5, 5.41) is 9.58. The maximum absolute atomic E-state index is 14.4. The van der Waals surface area contributed by atoms with Gasteiger partial charge in [0.25, 0.3) is 5.91 Å². The summed E-state index contributed by atoms with van der Waals surface area (Å²) in [6, 6.07) is 7.22. The average molecular weight is 464 g/mol. The number of rotatable bonds is 7. The number of carbonyl (C=O) groups excluding carboxylic acids is 2. The first-order valence-corrected chi connectivity index (χ1v) is 10.8. The van der Waals surface area contributed by atoms with Crippen LogP contribution in [0.25, 0.3) is 5.65 Å². The minimum absolute atomic E-state index is 0.0272. The zero-order chi connectivity index (χ0) is 23.8. The molecule has 1 saturated carbocycles. The Hall–Kier alpha value is -4.28. The van der Waals surface area contributed by atoms with Crippen molar-refractivity contribution in [3.8, 4) is 11.6 Å². The lowest BCUT2D eigenvalue weighted by molar-refractivity contribution is -0.117. The molecule has 11 heteroatoms. The van der Waals surface area contributed by atoms with Gasteiger partial charge in [0.2, 0.25) is 17.5 Å². The minimum atomic E-state index is -0.636. The number of fused-ring (bicyclic) bond motifs is 1. The third kappa shape index (κ3) is 4.45. The Morgan fingerprint density at radius 2 is 2.03 bits per heavy atom. The van der Waals surface area contributed by atoms with Crippen LogP contribution in [-0.4, -0.2) is 31.4 Å². The quantitative estimate of drug-likeness (QED) is 0.422. The van der Waals surface area contributed by atoms with Gasteiger partial charge < -0.3 is 19.8 Å². The number of aryl methyl sites for hydroxylation is 2. The van der Waals surface area contributed by atoms with Crippen LogP contribution in [0.3, 0.4) is 0 Å². The first kappa shape index (κ1) is 21.6. The van der Waals surface area contributed by atoms with E-state index in [1.165, 1.54) is 22.7 Å². The summed E-state index contributed by atoms with van der Waals surface area (Å²) < 4.78 is 27.0. The van der Waals surface area contributed by atoms with Gasteiger partial charge in [-0.25, -0.2) is 18.9 Å². The lowest BCUT2D eigenvalue weighted by Crippen LogP contribution is -2.13. The van der Waals surface area contributed by atoms with Gasteiger partial charge in [-0.15, -0.1) is 5.10 Å². The molecule has 174 valence electrons. The first-order valence-electron chi connectivity index (χ1n) is 10.8. The number of hydrogen-bond acceptors (Lipinski definition) is 7. The van der Waals surface area contributed by atoms with Gasteiger partial charge in [-0.3, -0.25) is 9.59 Å². The molecule has 0 radical (unpaired) electrons. The van der Waals surface area contributed by atoms with E-state index in [0.717, 1.165) is 12.8 Å². The highest BCUT2D eigenvalue weighted by Gasteiger charge is 2.30. The van der Waals surface area contributed by atoms with Crippen LogP contribution in [0.2, 0.25) is 0 Å².